The normalized spacial score (nSPS) is 11.3. The fraction of sp³-hybridized carbons (Fsp3) is 0.958. The van der Waals surface area contributed by atoms with Gasteiger partial charge in [0.05, 0.1) is 13.2 Å². The quantitative estimate of drug-likeness (QED) is 0.165. The lowest BCUT2D eigenvalue weighted by Crippen LogP contribution is -2.25. The molecule has 0 aromatic carbocycles. The molecule has 28 heavy (non-hydrogen) atoms. The molecule has 0 amide bonds. The highest BCUT2D eigenvalue weighted by atomic mass is 16.6. The van der Waals surface area contributed by atoms with Crippen molar-refractivity contribution in [3.63, 3.8) is 0 Å². The van der Waals surface area contributed by atoms with Crippen LogP contribution in [0.3, 0.4) is 0 Å². The average Bonchev–Trinajstić information content (AvgIpc) is 2.71. The molecule has 0 spiro atoms. The van der Waals surface area contributed by atoms with Crippen LogP contribution in [0.5, 0.6) is 0 Å². The fourth-order valence-electron chi connectivity index (χ4n) is 3.55. The highest BCUT2D eigenvalue weighted by molar-refractivity contribution is 5.69. The molecule has 0 bridgehead atoms. The molecular weight excluding hydrogens is 352 g/mol. The third-order valence-electron chi connectivity index (χ3n) is 5.44. The summed E-state index contributed by atoms with van der Waals surface area (Å²) in [5, 5.41) is 17.7. The van der Waals surface area contributed by atoms with Crippen LogP contribution in [-0.4, -0.2) is 35.5 Å². The summed E-state index contributed by atoms with van der Waals surface area (Å²) < 4.78 is 4.94. The maximum atomic E-state index is 11.5. The summed E-state index contributed by atoms with van der Waals surface area (Å²) in [5.74, 6) is -0.315. The number of aliphatic hydroxyl groups is 2. The second kappa shape index (κ2) is 22.7. The largest absolute Gasteiger partial charge is 0.457 e. The molecule has 0 radical (unpaired) electrons. The van der Waals surface area contributed by atoms with Gasteiger partial charge in [-0.15, -0.1) is 0 Å². The second-order valence-electron chi connectivity index (χ2n) is 8.24. The number of esters is 1. The molecule has 0 fully saturated rings. The van der Waals surface area contributed by atoms with Crippen LogP contribution in [0.2, 0.25) is 0 Å². The van der Waals surface area contributed by atoms with Crippen molar-refractivity contribution >= 4 is 5.97 Å². The molecule has 0 aromatic heterocycles. The lowest BCUT2D eigenvalue weighted by Gasteiger charge is -2.12. The van der Waals surface area contributed by atoms with Crippen molar-refractivity contribution in [2.75, 3.05) is 13.2 Å². The summed E-state index contributed by atoms with van der Waals surface area (Å²) in [6, 6.07) is 0. The van der Waals surface area contributed by atoms with E-state index in [1.54, 1.807) is 0 Å². The van der Waals surface area contributed by atoms with E-state index in [1.807, 2.05) is 0 Å². The van der Waals surface area contributed by atoms with Gasteiger partial charge in [0.1, 0.15) is 6.10 Å². The van der Waals surface area contributed by atoms with Gasteiger partial charge in [0.15, 0.2) is 0 Å². The molecule has 0 aliphatic heterocycles. The van der Waals surface area contributed by atoms with Crippen molar-refractivity contribution in [2.24, 2.45) is 0 Å². The van der Waals surface area contributed by atoms with Gasteiger partial charge in [-0.2, -0.15) is 0 Å². The van der Waals surface area contributed by atoms with Crippen molar-refractivity contribution in [1.29, 1.82) is 0 Å². The molecular formula is C24H48O4. The zero-order valence-corrected chi connectivity index (χ0v) is 18.6. The van der Waals surface area contributed by atoms with Crippen LogP contribution in [0.25, 0.3) is 0 Å². The van der Waals surface area contributed by atoms with E-state index >= 15 is 0 Å². The molecule has 0 aliphatic rings. The molecule has 0 rings (SSSR count). The van der Waals surface area contributed by atoms with Gasteiger partial charge in [0.2, 0.25) is 0 Å². The number of ether oxygens (including phenoxy) is 1. The minimum atomic E-state index is -0.761. The Balaban J connectivity index is 3.15. The summed E-state index contributed by atoms with van der Waals surface area (Å²) in [6.07, 6.45) is 23.5. The van der Waals surface area contributed by atoms with Crippen LogP contribution in [0.15, 0.2) is 0 Å². The Labute approximate surface area is 174 Å². The predicted octanol–water partition coefficient (Wildman–Crippen LogP) is 6.31. The molecule has 0 atom stereocenters. The minimum absolute atomic E-state index is 0.315. The zero-order valence-electron chi connectivity index (χ0n) is 18.6. The van der Waals surface area contributed by atoms with Gasteiger partial charge in [-0.1, -0.05) is 116 Å². The minimum Gasteiger partial charge on any atom is -0.457 e. The Morgan fingerprint density at radius 1 is 0.607 bits per heavy atom. The second-order valence-corrected chi connectivity index (χ2v) is 8.24. The zero-order chi connectivity index (χ0) is 20.7. The van der Waals surface area contributed by atoms with E-state index in [4.69, 9.17) is 14.9 Å². The number of carbonyl (C=O) groups is 1. The number of carbonyl (C=O) groups excluding carboxylic acids is 1. The summed E-state index contributed by atoms with van der Waals surface area (Å²) in [4.78, 5) is 11.5. The van der Waals surface area contributed by atoms with Crippen molar-refractivity contribution in [1.82, 2.24) is 0 Å². The molecule has 0 aromatic rings. The number of rotatable bonds is 22. The van der Waals surface area contributed by atoms with E-state index in [-0.39, 0.29) is 19.2 Å². The average molecular weight is 401 g/mol. The van der Waals surface area contributed by atoms with Crippen LogP contribution < -0.4 is 0 Å². The molecule has 0 aliphatic carbocycles. The summed E-state index contributed by atoms with van der Waals surface area (Å²) in [6.45, 7) is 1.64. The van der Waals surface area contributed by atoms with Crippen LogP contribution in [0.1, 0.15) is 129 Å². The molecule has 2 N–H and O–H groups in total. The topological polar surface area (TPSA) is 66.8 Å². The predicted molar refractivity (Wildman–Crippen MR) is 117 cm³/mol. The first kappa shape index (κ1) is 27.4. The van der Waals surface area contributed by atoms with Crippen molar-refractivity contribution in [2.45, 2.75) is 135 Å². The molecule has 0 saturated heterocycles. The van der Waals surface area contributed by atoms with E-state index in [1.165, 1.54) is 103 Å². The maximum Gasteiger partial charge on any atom is 0.306 e. The van der Waals surface area contributed by atoms with Gasteiger partial charge < -0.3 is 14.9 Å². The number of aliphatic hydroxyl groups excluding tert-OH is 2. The number of hydrogen-bond acceptors (Lipinski definition) is 4. The van der Waals surface area contributed by atoms with Gasteiger partial charge >= 0.3 is 5.97 Å². The monoisotopic (exact) mass is 400 g/mol. The third kappa shape index (κ3) is 20.1. The first-order chi connectivity index (χ1) is 13.7. The summed E-state index contributed by atoms with van der Waals surface area (Å²) in [5.41, 5.74) is 0. The maximum absolute atomic E-state index is 11.5. The lowest BCUT2D eigenvalue weighted by molar-refractivity contribution is -0.153. The van der Waals surface area contributed by atoms with Gasteiger partial charge in [-0.3, -0.25) is 4.79 Å². The molecule has 4 heteroatoms. The summed E-state index contributed by atoms with van der Waals surface area (Å²) in [7, 11) is 0. The van der Waals surface area contributed by atoms with Gasteiger partial charge in [0, 0.05) is 6.42 Å². The molecule has 0 unspecified atom stereocenters. The Morgan fingerprint density at radius 3 is 1.25 bits per heavy atom. The van der Waals surface area contributed by atoms with E-state index in [9.17, 15) is 4.79 Å². The molecule has 0 saturated carbocycles. The Kier molecular flexibility index (Phi) is 22.2. The van der Waals surface area contributed by atoms with Gasteiger partial charge in [-0.05, 0) is 6.42 Å². The molecule has 168 valence electrons. The molecule has 0 heterocycles. The van der Waals surface area contributed by atoms with Crippen LogP contribution >= 0.6 is 0 Å². The summed E-state index contributed by atoms with van der Waals surface area (Å²) >= 11 is 0. The number of unbranched alkanes of at least 4 members (excludes halogenated alkanes) is 17. The first-order valence-electron chi connectivity index (χ1n) is 12.2. The SMILES string of the molecule is CCCCCCCCCCCCCCCCCCCCC(=O)OC(CO)CO. The first-order valence-corrected chi connectivity index (χ1v) is 12.2. The lowest BCUT2D eigenvalue weighted by atomic mass is 10.0. The van der Waals surface area contributed by atoms with Crippen LogP contribution in [0, 0.1) is 0 Å². The third-order valence-corrected chi connectivity index (χ3v) is 5.44. The Hall–Kier alpha value is -0.610. The van der Waals surface area contributed by atoms with E-state index < -0.39 is 6.10 Å². The van der Waals surface area contributed by atoms with Crippen molar-refractivity contribution < 1.29 is 19.7 Å². The van der Waals surface area contributed by atoms with Gasteiger partial charge in [-0.25, -0.2) is 0 Å². The Morgan fingerprint density at radius 2 is 0.929 bits per heavy atom. The van der Waals surface area contributed by atoms with Crippen molar-refractivity contribution in [3.8, 4) is 0 Å². The van der Waals surface area contributed by atoms with Crippen LogP contribution in [0.4, 0.5) is 0 Å². The fourth-order valence-corrected chi connectivity index (χ4v) is 3.55. The van der Waals surface area contributed by atoms with Crippen molar-refractivity contribution in [3.05, 3.63) is 0 Å². The van der Waals surface area contributed by atoms with E-state index in [2.05, 4.69) is 6.92 Å². The van der Waals surface area contributed by atoms with Gasteiger partial charge in [0.25, 0.3) is 0 Å². The number of hydrogen-bond donors (Lipinski definition) is 2. The van der Waals surface area contributed by atoms with Crippen LogP contribution in [-0.2, 0) is 9.53 Å². The highest BCUT2D eigenvalue weighted by Crippen LogP contribution is 2.14. The molecule has 4 nitrogen and oxygen atoms in total. The van der Waals surface area contributed by atoms with E-state index in [0.29, 0.717) is 6.42 Å². The Bertz CT molecular complexity index is 316. The van der Waals surface area contributed by atoms with E-state index in [0.717, 1.165) is 12.8 Å². The smallest absolute Gasteiger partial charge is 0.306 e. The standard InChI is InChI=1S/C24H48O4/c1-2-3-4-5-6-7-8-9-10-11-12-13-14-15-16-17-18-19-20-24(27)28-23(21-25)22-26/h23,25-26H,2-22H2,1H3. The highest BCUT2D eigenvalue weighted by Gasteiger charge is 2.11.